The molecular weight excluding hydrogens is 321 g/mol. The van der Waals surface area contributed by atoms with E-state index in [9.17, 15) is 12.8 Å². The first-order chi connectivity index (χ1) is 8.18. The molecule has 1 aromatic rings. The largest absolute Gasteiger partial charge is 0.241 e. The molecule has 1 aromatic carbocycles. The van der Waals surface area contributed by atoms with E-state index in [2.05, 4.69) is 20.7 Å². The molecule has 3 nitrogen and oxygen atoms in total. The van der Waals surface area contributed by atoms with Gasteiger partial charge in [-0.05, 0) is 46.0 Å². The molecular formula is C12H17BrFNO2S. The topological polar surface area (TPSA) is 46.2 Å². The Kier molecular flexibility index (Phi) is 4.91. The summed E-state index contributed by atoms with van der Waals surface area (Å²) in [5.74, 6) is -0.477. The monoisotopic (exact) mass is 337 g/mol. The van der Waals surface area contributed by atoms with Crippen LogP contribution in [0.1, 0.15) is 27.2 Å². The standard InChI is InChI=1S/C12H17BrFNO2S/c1-4-12(2,3)8-15-18(16,17)11-6-5-9(14)7-10(11)13/h5-7,15H,4,8H2,1-3H3. The summed E-state index contributed by atoms with van der Waals surface area (Å²) in [5.41, 5.74) is -0.112. The van der Waals surface area contributed by atoms with E-state index in [4.69, 9.17) is 0 Å². The number of rotatable bonds is 5. The second kappa shape index (κ2) is 5.67. The molecule has 0 amide bonds. The van der Waals surface area contributed by atoms with Crippen LogP contribution in [0.2, 0.25) is 0 Å². The highest BCUT2D eigenvalue weighted by Gasteiger charge is 2.22. The third-order valence-electron chi connectivity index (χ3n) is 2.88. The highest BCUT2D eigenvalue weighted by molar-refractivity contribution is 9.10. The maximum absolute atomic E-state index is 12.9. The predicted octanol–water partition coefficient (Wildman–Crippen LogP) is 3.30. The first kappa shape index (κ1) is 15.6. The maximum atomic E-state index is 12.9. The number of hydrogen-bond acceptors (Lipinski definition) is 2. The summed E-state index contributed by atoms with van der Waals surface area (Å²) in [7, 11) is -3.61. The van der Waals surface area contributed by atoms with Gasteiger partial charge in [-0.2, -0.15) is 0 Å². The zero-order valence-electron chi connectivity index (χ0n) is 10.6. The number of halogens is 2. The van der Waals surface area contributed by atoms with Crippen LogP contribution in [0.3, 0.4) is 0 Å². The first-order valence-corrected chi connectivity index (χ1v) is 7.90. The van der Waals surface area contributed by atoms with Crippen LogP contribution >= 0.6 is 15.9 Å². The van der Waals surface area contributed by atoms with Crippen molar-refractivity contribution in [3.8, 4) is 0 Å². The van der Waals surface area contributed by atoms with E-state index in [1.54, 1.807) is 0 Å². The fraction of sp³-hybridized carbons (Fsp3) is 0.500. The zero-order chi connectivity index (χ0) is 14.0. The smallest absolute Gasteiger partial charge is 0.211 e. The molecule has 0 aliphatic rings. The third-order valence-corrected chi connectivity index (χ3v) is 5.26. The van der Waals surface area contributed by atoms with E-state index in [-0.39, 0.29) is 14.8 Å². The molecule has 0 atom stereocenters. The number of benzene rings is 1. The van der Waals surface area contributed by atoms with Crippen molar-refractivity contribution in [2.24, 2.45) is 5.41 Å². The van der Waals surface area contributed by atoms with Crippen molar-refractivity contribution >= 4 is 26.0 Å². The van der Waals surface area contributed by atoms with Crippen molar-refractivity contribution in [1.82, 2.24) is 4.72 Å². The normalized spacial score (nSPS) is 12.7. The minimum atomic E-state index is -3.61. The Balaban J connectivity index is 2.94. The fourth-order valence-corrected chi connectivity index (χ4v) is 3.48. The van der Waals surface area contributed by atoms with Crippen LogP contribution in [0.25, 0.3) is 0 Å². The minimum absolute atomic E-state index is 0.0517. The number of sulfonamides is 1. The van der Waals surface area contributed by atoms with Gasteiger partial charge in [0.2, 0.25) is 10.0 Å². The molecule has 0 aliphatic heterocycles. The van der Waals surface area contributed by atoms with Gasteiger partial charge in [0.05, 0.1) is 4.90 Å². The van der Waals surface area contributed by atoms with Crippen LogP contribution < -0.4 is 4.72 Å². The molecule has 0 saturated heterocycles. The van der Waals surface area contributed by atoms with Gasteiger partial charge in [0, 0.05) is 11.0 Å². The third kappa shape index (κ3) is 4.03. The van der Waals surface area contributed by atoms with E-state index in [1.165, 1.54) is 6.07 Å². The molecule has 0 aliphatic carbocycles. The van der Waals surface area contributed by atoms with E-state index in [0.717, 1.165) is 18.6 Å². The molecule has 1 rings (SSSR count). The Hall–Kier alpha value is -0.460. The quantitative estimate of drug-likeness (QED) is 0.895. The van der Waals surface area contributed by atoms with Gasteiger partial charge in [-0.15, -0.1) is 0 Å². The summed E-state index contributed by atoms with van der Waals surface area (Å²) in [4.78, 5) is 0.0517. The molecule has 6 heteroatoms. The van der Waals surface area contributed by atoms with Crippen molar-refractivity contribution < 1.29 is 12.8 Å². The van der Waals surface area contributed by atoms with Crippen LogP contribution in [0.15, 0.2) is 27.6 Å². The van der Waals surface area contributed by atoms with Gasteiger partial charge in [0.25, 0.3) is 0 Å². The Morgan fingerprint density at radius 2 is 2.00 bits per heavy atom. The Labute approximate surface area is 116 Å². The molecule has 0 spiro atoms. The lowest BCUT2D eigenvalue weighted by atomic mass is 9.91. The summed E-state index contributed by atoms with van der Waals surface area (Å²) in [6.07, 6.45) is 0.861. The van der Waals surface area contributed by atoms with Crippen molar-refractivity contribution in [3.63, 3.8) is 0 Å². The average molecular weight is 338 g/mol. The Morgan fingerprint density at radius 3 is 2.50 bits per heavy atom. The summed E-state index contributed by atoms with van der Waals surface area (Å²) in [5, 5.41) is 0. The zero-order valence-corrected chi connectivity index (χ0v) is 13.0. The fourth-order valence-electron chi connectivity index (χ4n) is 1.19. The van der Waals surface area contributed by atoms with Crippen molar-refractivity contribution in [2.75, 3.05) is 6.54 Å². The lowest BCUT2D eigenvalue weighted by Crippen LogP contribution is -2.33. The molecule has 18 heavy (non-hydrogen) atoms. The Bertz CT molecular complexity index is 529. The number of hydrogen-bond donors (Lipinski definition) is 1. The molecule has 0 fully saturated rings. The summed E-state index contributed by atoms with van der Waals surface area (Å²) < 4.78 is 39.8. The highest BCUT2D eigenvalue weighted by Crippen LogP contribution is 2.24. The molecule has 0 radical (unpaired) electrons. The van der Waals surface area contributed by atoms with Gasteiger partial charge in [0.15, 0.2) is 0 Å². The van der Waals surface area contributed by atoms with Gasteiger partial charge >= 0.3 is 0 Å². The molecule has 1 N–H and O–H groups in total. The van der Waals surface area contributed by atoms with Crippen LogP contribution in [0.5, 0.6) is 0 Å². The van der Waals surface area contributed by atoms with E-state index in [1.807, 2.05) is 20.8 Å². The van der Waals surface area contributed by atoms with E-state index >= 15 is 0 Å². The van der Waals surface area contributed by atoms with Gasteiger partial charge in [-0.3, -0.25) is 0 Å². The highest BCUT2D eigenvalue weighted by atomic mass is 79.9. The van der Waals surface area contributed by atoms with Crippen LogP contribution in [-0.2, 0) is 10.0 Å². The first-order valence-electron chi connectivity index (χ1n) is 5.63. The lowest BCUT2D eigenvalue weighted by Gasteiger charge is -2.22. The van der Waals surface area contributed by atoms with Gasteiger partial charge in [-0.25, -0.2) is 17.5 Å². The summed E-state index contributed by atoms with van der Waals surface area (Å²) in [6, 6.07) is 3.52. The molecule has 0 unspecified atom stereocenters. The SMILES string of the molecule is CCC(C)(C)CNS(=O)(=O)c1ccc(F)cc1Br. The van der Waals surface area contributed by atoms with Crippen molar-refractivity contribution in [1.29, 1.82) is 0 Å². The maximum Gasteiger partial charge on any atom is 0.241 e. The van der Waals surface area contributed by atoms with Gasteiger partial charge < -0.3 is 0 Å². The van der Waals surface area contributed by atoms with Crippen LogP contribution in [0.4, 0.5) is 4.39 Å². The van der Waals surface area contributed by atoms with Crippen LogP contribution in [0, 0.1) is 11.2 Å². The predicted molar refractivity (Wildman–Crippen MR) is 73.4 cm³/mol. The summed E-state index contributed by atoms with van der Waals surface area (Å²) >= 11 is 3.06. The molecule has 0 aromatic heterocycles. The second-order valence-corrected chi connectivity index (χ2v) is 7.51. The lowest BCUT2D eigenvalue weighted by molar-refractivity contribution is 0.350. The molecule has 102 valence electrons. The van der Waals surface area contributed by atoms with Gasteiger partial charge in [0.1, 0.15) is 5.82 Å². The van der Waals surface area contributed by atoms with E-state index < -0.39 is 15.8 Å². The van der Waals surface area contributed by atoms with Crippen molar-refractivity contribution in [2.45, 2.75) is 32.1 Å². The molecule has 0 heterocycles. The van der Waals surface area contributed by atoms with Crippen LogP contribution in [-0.4, -0.2) is 15.0 Å². The number of nitrogens with one attached hydrogen (secondary N) is 1. The van der Waals surface area contributed by atoms with Gasteiger partial charge in [-0.1, -0.05) is 20.8 Å². The van der Waals surface area contributed by atoms with Crippen molar-refractivity contribution in [3.05, 3.63) is 28.5 Å². The average Bonchev–Trinajstić information content (AvgIpc) is 2.26. The summed E-state index contributed by atoms with van der Waals surface area (Å²) in [6.45, 7) is 6.31. The molecule has 0 bridgehead atoms. The Morgan fingerprint density at radius 1 is 1.39 bits per heavy atom. The second-order valence-electron chi connectivity index (χ2n) is 4.92. The molecule has 0 saturated carbocycles. The van der Waals surface area contributed by atoms with E-state index in [0.29, 0.717) is 6.54 Å². The minimum Gasteiger partial charge on any atom is -0.211 e.